The Morgan fingerprint density at radius 1 is 1.44 bits per heavy atom. The van der Waals surface area contributed by atoms with Crippen LogP contribution in [0.2, 0.25) is 0 Å². The second kappa shape index (κ2) is 6.00. The summed E-state index contributed by atoms with van der Waals surface area (Å²) in [5.74, 6) is 0.786. The molecule has 1 aliphatic rings. The number of hydrogen-bond acceptors (Lipinski definition) is 2. The van der Waals surface area contributed by atoms with E-state index in [9.17, 15) is 4.79 Å². The lowest BCUT2D eigenvalue weighted by Gasteiger charge is -2.31. The number of carbonyl (C=O) groups excluding carboxylic acids is 1. The molecule has 0 saturated heterocycles. The van der Waals surface area contributed by atoms with Crippen LogP contribution in [0.1, 0.15) is 33.6 Å². The lowest BCUT2D eigenvalue weighted by molar-refractivity contribution is -0.123. The molecular weight excluding hydrogens is 200 g/mol. The van der Waals surface area contributed by atoms with Gasteiger partial charge in [0.25, 0.3) is 0 Å². The number of rotatable bonds is 5. The predicted molar refractivity (Wildman–Crippen MR) is 66.3 cm³/mol. The smallest absolute Gasteiger partial charge is 0.133 e. The van der Waals surface area contributed by atoms with Crippen LogP contribution in [-0.2, 0) is 9.53 Å². The molecule has 0 N–H and O–H groups in total. The highest BCUT2D eigenvalue weighted by Crippen LogP contribution is 2.34. The molecule has 0 unspecified atom stereocenters. The van der Waals surface area contributed by atoms with Gasteiger partial charge in [-0.2, -0.15) is 0 Å². The van der Waals surface area contributed by atoms with Gasteiger partial charge < -0.3 is 4.74 Å². The molecule has 2 heteroatoms. The molecule has 0 aromatic rings. The number of allylic oxidation sites excluding steroid dienone is 2. The van der Waals surface area contributed by atoms with Gasteiger partial charge in [-0.05, 0) is 39.5 Å². The van der Waals surface area contributed by atoms with Crippen LogP contribution >= 0.6 is 0 Å². The van der Waals surface area contributed by atoms with Gasteiger partial charge >= 0.3 is 0 Å². The van der Waals surface area contributed by atoms with Gasteiger partial charge in [0.05, 0.1) is 13.2 Å². The molecule has 0 radical (unpaired) electrons. The van der Waals surface area contributed by atoms with Gasteiger partial charge in [0, 0.05) is 5.92 Å². The van der Waals surface area contributed by atoms with E-state index in [0.29, 0.717) is 24.9 Å². The van der Waals surface area contributed by atoms with Crippen LogP contribution in [0.4, 0.5) is 0 Å². The van der Waals surface area contributed by atoms with Crippen molar-refractivity contribution in [3.8, 4) is 0 Å². The van der Waals surface area contributed by atoms with E-state index in [4.69, 9.17) is 4.74 Å². The number of hydrogen-bond donors (Lipinski definition) is 0. The summed E-state index contributed by atoms with van der Waals surface area (Å²) in [6.07, 6.45) is 3.65. The highest BCUT2D eigenvalue weighted by atomic mass is 16.5. The summed E-state index contributed by atoms with van der Waals surface area (Å²) in [6.45, 7) is 10.8. The zero-order chi connectivity index (χ0) is 12.1. The molecule has 0 fully saturated rings. The van der Waals surface area contributed by atoms with Crippen molar-refractivity contribution in [1.29, 1.82) is 0 Å². The van der Waals surface area contributed by atoms with Crippen LogP contribution in [0.3, 0.4) is 0 Å². The third-order valence-corrected chi connectivity index (χ3v) is 3.48. The SMILES string of the molecule is C=CCOC[C@@H]1CC(C)=C(C)C[C@H]1C(C)=O. The molecule has 0 spiro atoms. The van der Waals surface area contributed by atoms with Gasteiger partial charge in [0.2, 0.25) is 0 Å². The van der Waals surface area contributed by atoms with E-state index in [1.807, 2.05) is 0 Å². The second-order valence-electron chi connectivity index (χ2n) is 4.77. The van der Waals surface area contributed by atoms with Crippen molar-refractivity contribution < 1.29 is 9.53 Å². The Morgan fingerprint density at radius 2 is 2.06 bits per heavy atom. The van der Waals surface area contributed by atoms with E-state index in [1.54, 1.807) is 13.0 Å². The standard InChI is InChI=1S/C14H22O2/c1-5-6-16-9-13-7-10(2)11(3)8-14(13)12(4)15/h5,13-14H,1,6-9H2,2-4H3/t13-,14-/m0/s1. The molecule has 0 saturated carbocycles. The zero-order valence-electron chi connectivity index (χ0n) is 10.6. The first-order valence-electron chi connectivity index (χ1n) is 5.90. The summed E-state index contributed by atoms with van der Waals surface area (Å²) in [5.41, 5.74) is 2.80. The maximum absolute atomic E-state index is 11.6. The van der Waals surface area contributed by atoms with Crippen LogP contribution in [-0.4, -0.2) is 19.0 Å². The molecule has 0 aromatic carbocycles. The minimum absolute atomic E-state index is 0.147. The molecule has 90 valence electrons. The topological polar surface area (TPSA) is 26.3 Å². The van der Waals surface area contributed by atoms with Crippen molar-refractivity contribution in [3.63, 3.8) is 0 Å². The van der Waals surface area contributed by atoms with Crippen molar-refractivity contribution in [2.24, 2.45) is 11.8 Å². The van der Waals surface area contributed by atoms with Gasteiger partial charge in [0.15, 0.2) is 0 Å². The molecule has 1 aliphatic carbocycles. The van der Waals surface area contributed by atoms with E-state index in [1.165, 1.54) is 11.1 Å². The molecular formula is C14H22O2. The van der Waals surface area contributed by atoms with Crippen LogP contribution in [0.5, 0.6) is 0 Å². The second-order valence-corrected chi connectivity index (χ2v) is 4.77. The number of Topliss-reactive ketones (excluding diaryl/α,β-unsaturated/α-hetero) is 1. The van der Waals surface area contributed by atoms with E-state index >= 15 is 0 Å². The van der Waals surface area contributed by atoms with Crippen LogP contribution in [0.15, 0.2) is 23.8 Å². The minimum Gasteiger partial charge on any atom is -0.377 e. The van der Waals surface area contributed by atoms with Crippen molar-refractivity contribution in [1.82, 2.24) is 0 Å². The van der Waals surface area contributed by atoms with Gasteiger partial charge in [-0.3, -0.25) is 4.79 Å². The highest BCUT2D eigenvalue weighted by Gasteiger charge is 2.30. The minimum atomic E-state index is 0.147. The normalized spacial score (nSPS) is 25.7. The monoisotopic (exact) mass is 222 g/mol. The third-order valence-electron chi connectivity index (χ3n) is 3.48. The van der Waals surface area contributed by atoms with Crippen LogP contribution < -0.4 is 0 Å². The Kier molecular flexibility index (Phi) is 4.94. The maximum Gasteiger partial charge on any atom is 0.133 e. The first-order valence-corrected chi connectivity index (χ1v) is 5.90. The molecule has 0 aromatic heterocycles. The largest absolute Gasteiger partial charge is 0.377 e. The Morgan fingerprint density at radius 3 is 2.62 bits per heavy atom. The maximum atomic E-state index is 11.6. The van der Waals surface area contributed by atoms with E-state index in [2.05, 4.69) is 20.4 Å². The van der Waals surface area contributed by atoms with Gasteiger partial charge in [-0.1, -0.05) is 17.2 Å². The number of ketones is 1. The number of carbonyl (C=O) groups is 1. The first kappa shape index (κ1) is 13.2. The Labute approximate surface area is 98.4 Å². The first-order chi connectivity index (χ1) is 7.56. The predicted octanol–water partition coefficient (Wildman–Crippen LogP) is 3.14. The fourth-order valence-corrected chi connectivity index (χ4v) is 2.33. The Balaban J connectivity index is 2.65. The molecule has 0 aliphatic heterocycles. The van der Waals surface area contributed by atoms with Crippen molar-refractivity contribution in [3.05, 3.63) is 23.8 Å². The molecule has 1 rings (SSSR count). The molecule has 0 heterocycles. The zero-order valence-corrected chi connectivity index (χ0v) is 10.6. The van der Waals surface area contributed by atoms with E-state index in [0.717, 1.165) is 12.8 Å². The van der Waals surface area contributed by atoms with Crippen molar-refractivity contribution in [2.45, 2.75) is 33.6 Å². The third kappa shape index (κ3) is 3.31. The molecule has 2 nitrogen and oxygen atoms in total. The fraction of sp³-hybridized carbons (Fsp3) is 0.643. The molecule has 0 bridgehead atoms. The summed E-state index contributed by atoms with van der Waals surface area (Å²) in [5, 5.41) is 0. The summed E-state index contributed by atoms with van der Waals surface area (Å²) >= 11 is 0. The molecule has 2 atom stereocenters. The Hall–Kier alpha value is -0.890. The van der Waals surface area contributed by atoms with Gasteiger partial charge in [-0.15, -0.1) is 6.58 Å². The van der Waals surface area contributed by atoms with Gasteiger partial charge in [0.1, 0.15) is 5.78 Å². The average Bonchev–Trinajstić information content (AvgIpc) is 2.23. The van der Waals surface area contributed by atoms with Gasteiger partial charge in [-0.25, -0.2) is 0 Å². The highest BCUT2D eigenvalue weighted by molar-refractivity contribution is 5.79. The molecule has 16 heavy (non-hydrogen) atoms. The summed E-state index contributed by atoms with van der Waals surface area (Å²) in [6, 6.07) is 0. The lowest BCUT2D eigenvalue weighted by atomic mass is 9.75. The van der Waals surface area contributed by atoms with Crippen LogP contribution in [0.25, 0.3) is 0 Å². The van der Waals surface area contributed by atoms with Crippen molar-refractivity contribution >= 4 is 5.78 Å². The Bertz CT molecular complexity index is 302. The van der Waals surface area contributed by atoms with Crippen molar-refractivity contribution in [2.75, 3.05) is 13.2 Å². The van der Waals surface area contributed by atoms with Crippen LogP contribution in [0, 0.1) is 11.8 Å². The lowest BCUT2D eigenvalue weighted by Crippen LogP contribution is -2.29. The van der Waals surface area contributed by atoms with E-state index in [-0.39, 0.29) is 5.92 Å². The summed E-state index contributed by atoms with van der Waals surface area (Å²) in [7, 11) is 0. The summed E-state index contributed by atoms with van der Waals surface area (Å²) < 4.78 is 5.49. The molecule has 0 amide bonds. The quantitative estimate of drug-likeness (QED) is 0.527. The fourth-order valence-electron chi connectivity index (χ4n) is 2.33. The average molecular weight is 222 g/mol. The number of ether oxygens (including phenoxy) is 1. The van der Waals surface area contributed by atoms with E-state index < -0.39 is 0 Å². The summed E-state index contributed by atoms with van der Waals surface area (Å²) in [4.78, 5) is 11.6.